The minimum Gasteiger partial charge on any atom is -0.480 e. The summed E-state index contributed by atoms with van der Waals surface area (Å²) in [4.78, 5) is 33.1. The third-order valence-corrected chi connectivity index (χ3v) is 3.02. The second kappa shape index (κ2) is 6.29. The van der Waals surface area contributed by atoms with Gasteiger partial charge >= 0.3 is 5.97 Å². The number of carboxylic acids is 1. The van der Waals surface area contributed by atoms with Crippen molar-refractivity contribution in [2.75, 3.05) is 0 Å². The first kappa shape index (κ1) is 16.5. The second-order valence-electron chi connectivity index (χ2n) is 4.76. The zero-order valence-electron chi connectivity index (χ0n) is 11.6. The van der Waals surface area contributed by atoms with Gasteiger partial charge in [-0.1, -0.05) is 13.3 Å². The van der Waals surface area contributed by atoms with Crippen molar-refractivity contribution in [3.8, 4) is 0 Å². The molecule has 0 saturated carbocycles. The molecular formula is C13H15FN2O5. The molecule has 0 saturated heterocycles. The average molecular weight is 298 g/mol. The summed E-state index contributed by atoms with van der Waals surface area (Å²) >= 11 is 0. The van der Waals surface area contributed by atoms with E-state index in [2.05, 4.69) is 5.32 Å². The second-order valence-corrected chi connectivity index (χ2v) is 4.76. The zero-order chi connectivity index (χ0) is 16.2. The van der Waals surface area contributed by atoms with Gasteiger partial charge in [-0.15, -0.1) is 0 Å². The zero-order valence-corrected chi connectivity index (χ0v) is 11.6. The maximum atomic E-state index is 13.6. The molecule has 1 aromatic rings. The fourth-order valence-electron chi connectivity index (χ4n) is 1.84. The molecule has 0 spiro atoms. The molecule has 1 atom stereocenters. The van der Waals surface area contributed by atoms with E-state index in [-0.39, 0.29) is 6.42 Å². The lowest BCUT2D eigenvalue weighted by molar-refractivity contribution is -0.384. The topological polar surface area (TPSA) is 110 Å². The number of non-ortho nitro benzene ring substituents is 1. The van der Waals surface area contributed by atoms with Crippen LogP contribution in [0.25, 0.3) is 0 Å². The predicted molar refractivity (Wildman–Crippen MR) is 71.5 cm³/mol. The van der Waals surface area contributed by atoms with Crippen LogP contribution in [0.2, 0.25) is 0 Å². The normalized spacial score (nSPS) is 13.3. The molecule has 0 aromatic heterocycles. The van der Waals surface area contributed by atoms with Crippen LogP contribution in [-0.2, 0) is 4.79 Å². The molecule has 2 N–H and O–H groups in total. The molecule has 0 fully saturated rings. The molecule has 0 bridgehead atoms. The number of nitro groups is 1. The Labute approximate surface area is 119 Å². The van der Waals surface area contributed by atoms with Crippen molar-refractivity contribution in [3.05, 3.63) is 39.7 Å². The number of rotatable bonds is 6. The predicted octanol–water partition coefficient (Wildman–Crippen LogP) is 2.11. The first-order valence-electron chi connectivity index (χ1n) is 6.21. The number of hydrogen-bond acceptors (Lipinski definition) is 4. The van der Waals surface area contributed by atoms with Crippen molar-refractivity contribution in [3.63, 3.8) is 0 Å². The van der Waals surface area contributed by atoms with Crippen molar-refractivity contribution in [2.45, 2.75) is 32.2 Å². The lowest BCUT2D eigenvalue weighted by Crippen LogP contribution is -2.52. The van der Waals surface area contributed by atoms with E-state index < -0.39 is 39.4 Å². The van der Waals surface area contributed by atoms with Crippen LogP contribution in [0.4, 0.5) is 10.1 Å². The number of hydrogen-bond donors (Lipinski definition) is 2. The van der Waals surface area contributed by atoms with Gasteiger partial charge in [0.15, 0.2) is 0 Å². The Kier molecular flexibility index (Phi) is 4.96. The molecular weight excluding hydrogens is 283 g/mol. The van der Waals surface area contributed by atoms with E-state index in [0.29, 0.717) is 6.42 Å². The van der Waals surface area contributed by atoms with Gasteiger partial charge in [0, 0.05) is 12.1 Å². The van der Waals surface area contributed by atoms with E-state index in [4.69, 9.17) is 5.11 Å². The monoisotopic (exact) mass is 298 g/mol. The van der Waals surface area contributed by atoms with Crippen LogP contribution in [0.1, 0.15) is 37.0 Å². The maximum absolute atomic E-state index is 13.6. The number of nitrogens with zero attached hydrogens (tertiary/aromatic N) is 1. The van der Waals surface area contributed by atoms with Crippen LogP contribution in [0.3, 0.4) is 0 Å². The number of nitro benzene ring substituents is 1. The lowest BCUT2D eigenvalue weighted by atomic mass is 9.95. The highest BCUT2D eigenvalue weighted by molar-refractivity contribution is 5.98. The van der Waals surface area contributed by atoms with Crippen molar-refractivity contribution >= 4 is 17.6 Å². The van der Waals surface area contributed by atoms with Gasteiger partial charge in [0.1, 0.15) is 11.4 Å². The minimum atomic E-state index is -1.57. The largest absolute Gasteiger partial charge is 0.480 e. The van der Waals surface area contributed by atoms with E-state index in [1.807, 2.05) is 0 Å². The molecule has 0 aliphatic carbocycles. The summed E-state index contributed by atoms with van der Waals surface area (Å²) < 4.78 is 13.6. The van der Waals surface area contributed by atoms with Gasteiger partial charge in [0.25, 0.3) is 11.6 Å². The van der Waals surface area contributed by atoms with Gasteiger partial charge in [0.05, 0.1) is 10.5 Å². The highest BCUT2D eigenvalue weighted by Crippen LogP contribution is 2.19. The highest BCUT2D eigenvalue weighted by Gasteiger charge is 2.34. The third-order valence-electron chi connectivity index (χ3n) is 3.02. The summed E-state index contributed by atoms with van der Waals surface area (Å²) in [5, 5.41) is 22.0. The van der Waals surface area contributed by atoms with Crippen LogP contribution in [-0.4, -0.2) is 27.4 Å². The van der Waals surface area contributed by atoms with Gasteiger partial charge in [-0.25, -0.2) is 9.18 Å². The van der Waals surface area contributed by atoms with Crippen molar-refractivity contribution in [2.24, 2.45) is 0 Å². The van der Waals surface area contributed by atoms with Crippen LogP contribution in [0.5, 0.6) is 0 Å². The summed E-state index contributed by atoms with van der Waals surface area (Å²) in [7, 11) is 0. The average Bonchev–Trinajstić information content (AvgIpc) is 2.38. The number of nitrogens with one attached hydrogen (secondary N) is 1. The van der Waals surface area contributed by atoms with Gasteiger partial charge in [0.2, 0.25) is 0 Å². The number of carbonyl (C=O) groups is 2. The molecule has 0 heterocycles. The first-order valence-corrected chi connectivity index (χ1v) is 6.21. The van der Waals surface area contributed by atoms with Gasteiger partial charge in [-0.05, 0) is 19.4 Å². The highest BCUT2D eigenvalue weighted by atomic mass is 19.1. The molecule has 0 radical (unpaired) electrons. The fraction of sp³-hybridized carbons (Fsp3) is 0.385. The fourth-order valence-corrected chi connectivity index (χ4v) is 1.84. The molecule has 1 aromatic carbocycles. The molecule has 1 rings (SSSR count). The van der Waals surface area contributed by atoms with Gasteiger partial charge in [-0.3, -0.25) is 14.9 Å². The maximum Gasteiger partial charge on any atom is 0.329 e. The van der Waals surface area contributed by atoms with Gasteiger partial charge < -0.3 is 10.4 Å². The number of carboxylic acid groups (broad SMARTS) is 1. The van der Waals surface area contributed by atoms with Crippen molar-refractivity contribution in [1.82, 2.24) is 5.32 Å². The summed E-state index contributed by atoms with van der Waals surface area (Å²) in [5.74, 6) is -3.22. The molecule has 0 aliphatic rings. The van der Waals surface area contributed by atoms with E-state index in [9.17, 15) is 24.1 Å². The van der Waals surface area contributed by atoms with Crippen molar-refractivity contribution in [1.29, 1.82) is 0 Å². The summed E-state index contributed by atoms with van der Waals surface area (Å²) in [6, 6.07) is 2.50. The number of carbonyl (C=O) groups excluding carboxylic acids is 1. The van der Waals surface area contributed by atoms with Gasteiger partial charge in [-0.2, -0.15) is 0 Å². The summed E-state index contributed by atoms with van der Waals surface area (Å²) in [5.41, 5.74) is -2.58. The Morgan fingerprint density at radius 3 is 2.57 bits per heavy atom. The van der Waals surface area contributed by atoms with E-state index in [0.717, 1.165) is 18.2 Å². The van der Waals surface area contributed by atoms with E-state index >= 15 is 0 Å². The smallest absolute Gasteiger partial charge is 0.329 e. The molecule has 0 aliphatic heterocycles. The third kappa shape index (κ3) is 3.74. The van der Waals surface area contributed by atoms with Crippen molar-refractivity contribution < 1.29 is 24.0 Å². The molecule has 21 heavy (non-hydrogen) atoms. The Bertz CT molecular complexity index is 590. The Balaban J connectivity index is 3.11. The Hall–Kier alpha value is -2.51. The lowest BCUT2D eigenvalue weighted by Gasteiger charge is -2.25. The molecule has 1 unspecified atom stereocenters. The van der Waals surface area contributed by atoms with E-state index in [1.54, 1.807) is 6.92 Å². The van der Waals surface area contributed by atoms with Crippen LogP contribution in [0, 0.1) is 15.9 Å². The number of benzene rings is 1. The van der Waals surface area contributed by atoms with E-state index in [1.165, 1.54) is 6.92 Å². The number of amides is 1. The van der Waals surface area contributed by atoms with Crippen LogP contribution in [0.15, 0.2) is 18.2 Å². The molecule has 114 valence electrons. The summed E-state index contributed by atoms with van der Waals surface area (Å²) in [6.45, 7) is 3.03. The van der Waals surface area contributed by atoms with Crippen LogP contribution >= 0.6 is 0 Å². The SMILES string of the molecule is CCCC(C)(NC(=O)c1cc([N+](=O)[O-])ccc1F)C(=O)O. The Morgan fingerprint density at radius 1 is 1.48 bits per heavy atom. The molecule has 8 heteroatoms. The Morgan fingerprint density at radius 2 is 2.10 bits per heavy atom. The number of aliphatic carboxylic acids is 1. The molecule has 7 nitrogen and oxygen atoms in total. The van der Waals surface area contributed by atoms with Crippen LogP contribution < -0.4 is 5.32 Å². The minimum absolute atomic E-state index is 0.143. The number of halogens is 1. The summed E-state index contributed by atoms with van der Waals surface area (Å²) in [6.07, 6.45) is 0.630. The quantitative estimate of drug-likeness (QED) is 0.617. The standard InChI is InChI=1S/C13H15FN2O5/c1-3-6-13(2,12(18)19)15-11(17)9-7-8(16(20)21)4-5-10(9)14/h4-5,7H,3,6H2,1-2H3,(H,15,17)(H,18,19). The first-order chi connectivity index (χ1) is 9.71. The molecule has 1 amide bonds.